The molecule has 0 amide bonds. The number of hydrogen-bond acceptors (Lipinski definition) is 2. The van der Waals surface area contributed by atoms with Crippen LogP contribution in [0.3, 0.4) is 0 Å². The van der Waals surface area contributed by atoms with Crippen molar-refractivity contribution >= 4 is 23.5 Å². The van der Waals surface area contributed by atoms with Gasteiger partial charge in [-0.1, -0.05) is 0 Å². The Labute approximate surface area is 60.7 Å². The van der Waals surface area contributed by atoms with Crippen LogP contribution in [0.25, 0.3) is 0 Å². The monoisotopic (exact) mass is 145 g/mol. The average molecular weight is 145 g/mol. The van der Waals surface area contributed by atoms with Crippen molar-refractivity contribution in [2.45, 2.75) is 6.92 Å². The van der Waals surface area contributed by atoms with E-state index in [0.29, 0.717) is 5.11 Å². The van der Waals surface area contributed by atoms with Crippen LogP contribution in [0, 0.1) is 0 Å². The highest BCUT2D eigenvalue weighted by molar-refractivity contribution is 7.80. The van der Waals surface area contributed by atoms with Crippen molar-refractivity contribution in [2.24, 2.45) is 5.10 Å². The molecular formula is C5H11N3S. The minimum Gasteiger partial charge on any atom is -0.364 e. The summed E-state index contributed by atoms with van der Waals surface area (Å²) in [5, 5.41) is 8.90. The summed E-state index contributed by atoms with van der Waals surface area (Å²) in [6.07, 6.45) is 1.68. The molecule has 0 heterocycles. The maximum Gasteiger partial charge on any atom is 0.189 e. The van der Waals surface area contributed by atoms with Crippen molar-refractivity contribution < 1.29 is 0 Å². The van der Waals surface area contributed by atoms with Crippen LogP contribution in [0.5, 0.6) is 0 Å². The van der Waals surface area contributed by atoms with Gasteiger partial charge in [-0.3, -0.25) is 0 Å². The zero-order valence-corrected chi connectivity index (χ0v) is 6.70. The van der Waals surface area contributed by atoms with Crippen molar-refractivity contribution in [3.05, 3.63) is 0 Å². The third kappa shape index (κ3) is 3.03. The lowest BCUT2D eigenvalue weighted by atomic mass is 10.9. The third-order valence-corrected chi connectivity index (χ3v) is 1.26. The molecule has 0 saturated carbocycles. The predicted molar refractivity (Wildman–Crippen MR) is 43.6 cm³/mol. The second-order valence-electron chi connectivity index (χ2n) is 1.45. The first kappa shape index (κ1) is 8.36. The summed E-state index contributed by atoms with van der Waals surface area (Å²) in [7, 11) is 3.56. The first-order chi connectivity index (χ1) is 4.22. The van der Waals surface area contributed by atoms with Gasteiger partial charge in [0.1, 0.15) is 0 Å². The fourth-order valence-corrected chi connectivity index (χ4v) is 0.435. The Morgan fingerprint density at radius 2 is 2.33 bits per heavy atom. The Morgan fingerprint density at radius 1 is 1.78 bits per heavy atom. The highest BCUT2D eigenvalue weighted by Crippen LogP contribution is 1.81. The van der Waals surface area contributed by atoms with Crippen molar-refractivity contribution in [3.8, 4) is 0 Å². The van der Waals surface area contributed by atoms with Gasteiger partial charge in [0.25, 0.3) is 0 Å². The summed E-state index contributed by atoms with van der Waals surface area (Å²) < 4.78 is 0. The smallest absolute Gasteiger partial charge is 0.189 e. The van der Waals surface area contributed by atoms with Crippen LogP contribution in [-0.4, -0.2) is 30.4 Å². The van der Waals surface area contributed by atoms with Crippen molar-refractivity contribution in [1.82, 2.24) is 10.3 Å². The SMILES string of the molecule is C/C=N/N(C)C(=S)NC. The lowest BCUT2D eigenvalue weighted by Crippen LogP contribution is -2.30. The molecule has 0 fully saturated rings. The molecule has 0 saturated heterocycles. The van der Waals surface area contributed by atoms with E-state index in [2.05, 4.69) is 10.4 Å². The molecule has 0 aliphatic carbocycles. The van der Waals surface area contributed by atoms with E-state index in [4.69, 9.17) is 12.2 Å². The van der Waals surface area contributed by atoms with Crippen LogP contribution in [0.15, 0.2) is 5.10 Å². The van der Waals surface area contributed by atoms with Gasteiger partial charge >= 0.3 is 0 Å². The molecule has 0 atom stereocenters. The van der Waals surface area contributed by atoms with E-state index in [-0.39, 0.29) is 0 Å². The Balaban J connectivity index is 3.72. The molecule has 3 nitrogen and oxygen atoms in total. The van der Waals surface area contributed by atoms with Gasteiger partial charge < -0.3 is 5.32 Å². The summed E-state index contributed by atoms with van der Waals surface area (Å²) in [4.78, 5) is 0. The van der Waals surface area contributed by atoms with Gasteiger partial charge in [-0.2, -0.15) is 5.10 Å². The Bertz CT molecular complexity index is 121. The summed E-state index contributed by atoms with van der Waals surface area (Å²) in [6.45, 7) is 1.84. The van der Waals surface area contributed by atoms with Crippen molar-refractivity contribution in [3.63, 3.8) is 0 Å². The molecule has 0 spiro atoms. The lowest BCUT2D eigenvalue weighted by molar-refractivity contribution is 0.539. The predicted octanol–water partition coefficient (Wildman–Crippen LogP) is 0.428. The van der Waals surface area contributed by atoms with Gasteiger partial charge in [0.05, 0.1) is 0 Å². The molecule has 0 radical (unpaired) electrons. The van der Waals surface area contributed by atoms with E-state index >= 15 is 0 Å². The summed E-state index contributed by atoms with van der Waals surface area (Å²) in [6, 6.07) is 0. The molecule has 4 heteroatoms. The van der Waals surface area contributed by atoms with Crippen LogP contribution in [-0.2, 0) is 0 Å². The van der Waals surface area contributed by atoms with Crippen LogP contribution in [0.2, 0.25) is 0 Å². The van der Waals surface area contributed by atoms with E-state index in [1.165, 1.54) is 0 Å². The van der Waals surface area contributed by atoms with Gasteiger partial charge in [0, 0.05) is 20.3 Å². The Morgan fingerprint density at radius 3 is 2.67 bits per heavy atom. The fourth-order valence-electron chi connectivity index (χ4n) is 0.387. The molecule has 0 aromatic carbocycles. The highest BCUT2D eigenvalue weighted by Gasteiger charge is 1.94. The molecule has 1 N–H and O–H groups in total. The van der Waals surface area contributed by atoms with Crippen LogP contribution in [0.4, 0.5) is 0 Å². The van der Waals surface area contributed by atoms with Gasteiger partial charge in [0.2, 0.25) is 0 Å². The van der Waals surface area contributed by atoms with E-state index < -0.39 is 0 Å². The third-order valence-electron chi connectivity index (χ3n) is 0.796. The van der Waals surface area contributed by atoms with Crippen molar-refractivity contribution in [2.75, 3.05) is 14.1 Å². The van der Waals surface area contributed by atoms with E-state index in [1.54, 1.807) is 25.3 Å². The molecule has 0 aromatic rings. The summed E-state index contributed by atoms with van der Waals surface area (Å²) in [5.41, 5.74) is 0. The number of nitrogens with one attached hydrogen (secondary N) is 1. The van der Waals surface area contributed by atoms with Crippen LogP contribution < -0.4 is 5.32 Å². The molecule has 0 bridgehead atoms. The van der Waals surface area contributed by atoms with Gasteiger partial charge in [0.15, 0.2) is 5.11 Å². The average Bonchev–Trinajstić information content (AvgIpc) is 1.87. The standard InChI is InChI=1S/C5H11N3S/c1-4-7-8(3)5(9)6-2/h4H,1-3H3,(H,6,9)/b7-4+. The normalized spacial score (nSPS) is 9.67. The number of hydrogen-bond donors (Lipinski definition) is 1. The zero-order valence-electron chi connectivity index (χ0n) is 5.88. The Hall–Kier alpha value is -0.640. The maximum absolute atomic E-state index is 4.84. The number of thiocarbonyl (C=S) groups is 1. The van der Waals surface area contributed by atoms with E-state index in [1.807, 2.05) is 6.92 Å². The van der Waals surface area contributed by atoms with Crippen LogP contribution in [0.1, 0.15) is 6.92 Å². The van der Waals surface area contributed by atoms with Crippen LogP contribution >= 0.6 is 12.2 Å². The first-order valence-corrected chi connectivity index (χ1v) is 3.07. The van der Waals surface area contributed by atoms with E-state index in [0.717, 1.165) is 0 Å². The Kier molecular flexibility index (Phi) is 3.96. The van der Waals surface area contributed by atoms with Gasteiger partial charge in [-0.05, 0) is 19.1 Å². The summed E-state index contributed by atoms with van der Waals surface area (Å²) in [5.74, 6) is 0. The number of rotatable bonds is 1. The van der Waals surface area contributed by atoms with E-state index in [9.17, 15) is 0 Å². The highest BCUT2D eigenvalue weighted by atomic mass is 32.1. The molecular weight excluding hydrogens is 134 g/mol. The quantitative estimate of drug-likeness (QED) is 0.329. The lowest BCUT2D eigenvalue weighted by Gasteiger charge is -2.11. The topological polar surface area (TPSA) is 27.6 Å². The maximum atomic E-state index is 4.84. The molecule has 52 valence electrons. The van der Waals surface area contributed by atoms with Gasteiger partial charge in [-0.15, -0.1) is 0 Å². The fraction of sp³-hybridized carbons (Fsp3) is 0.600. The van der Waals surface area contributed by atoms with Crippen molar-refractivity contribution in [1.29, 1.82) is 0 Å². The number of nitrogens with zero attached hydrogens (tertiary/aromatic N) is 2. The summed E-state index contributed by atoms with van der Waals surface area (Å²) >= 11 is 4.84. The first-order valence-electron chi connectivity index (χ1n) is 2.66. The molecule has 0 aliphatic rings. The second kappa shape index (κ2) is 4.26. The minimum absolute atomic E-state index is 0.619. The molecule has 0 aliphatic heterocycles. The van der Waals surface area contributed by atoms with Gasteiger partial charge in [-0.25, -0.2) is 5.01 Å². The molecule has 0 unspecified atom stereocenters. The zero-order chi connectivity index (χ0) is 7.28. The largest absolute Gasteiger partial charge is 0.364 e. The minimum atomic E-state index is 0.619. The second-order valence-corrected chi connectivity index (χ2v) is 1.84. The molecule has 0 rings (SSSR count). The molecule has 0 aromatic heterocycles. The molecule has 9 heavy (non-hydrogen) atoms. The number of hydrazone groups is 1.